The van der Waals surface area contributed by atoms with Crippen LogP contribution < -0.4 is 5.73 Å². The molecule has 0 radical (unpaired) electrons. The molecule has 0 spiro atoms. The molecule has 10 heteroatoms. The van der Waals surface area contributed by atoms with Crippen LogP contribution in [0.25, 0.3) is 11.5 Å². The van der Waals surface area contributed by atoms with Crippen LogP contribution in [0.2, 0.25) is 0 Å². The molecular formula is C14H21N5O5. The number of nitrogens with two attached hydrogens (primary N) is 1. The minimum absolute atomic E-state index is 0.0625. The summed E-state index contributed by atoms with van der Waals surface area (Å²) in [5.74, 6) is -0.645. The quantitative estimate of drug-likeness (QED) is 0.654. The second-order valence-electron chi connectivity index (χ2n) is 4.62. The molecule has 0 saturated carbocycles. The van der Waals surface area contributed by atoms with Crippen molar-refractivity contribution >= 4 is 11.9 Å². The highest BCUT2D eigenvalue weighted by Gasteiger charge is 2.14. The van der Waals surface area contributed by atoms with Crippen LogP contribution in [0.5, 0.6) is 0 Å². The summed E-state index contributed by atoms with van der Waals surface area (Å²) < 4.78 is 10.7. The van der Waals surface area contributed by atoms with Crippen molar-refractivity contribution in [3.05, 3.63) is 18.9 Å². The van der Waals surface area contributed by atoms with Gasteiger partial charge in [0, 0.05) is 13.2 Å². The highest BCUT2D eigenvalue weighted by molar-refractivity contribution is 5.73. The Kier molecular flexibility index (Phi) is 8.30. The Labute approximate surface area is 139 Å². The second-order valence-corrected chi connectivity index (χ2v) is 4.62. The van der Waals surface area contributed by atoms with Gasteiger partial charge in [-0.1, -0.05) is 0 Å². The van der Waals surface area contributed by atoms with E-state index in [9.17, 15) is 9.59 Å². The van der Waals surface area contributed by atoms with Crippen LogP contribution in [0.4, 0.5) is 0 Å². The van der Waals surface area contributed by atoms with Gasteiger partial charge in [0.2, 0.25) is 0 Å². The van der Waals surface area contributed by atoms with Gasteiger partial charge in [0.05, 0.1) is 19.6 Å². The van der Waals surface area contributed by atoms with Crippen LogP contribution >= 0.6 is 0 Å². The summed E-state index contributed by atoms with van der Waals surface area (Å²) in [6.45, 7) is 2.89. The summed E-state index contributed by atoms with van der Waals surface area (Å²) in [4.78, 5) is 32.8. The van der Waals surface area contributed by atoms with Crippen LogP contribution in [0.3, 0.4) is 0 Å². The van der Waals surface area contributed by atoms with E-state index in [4.69, 9.17) is 15.6 Å². The lowest BCUT2D eigenvalue weighted by atomic mass is 10.2. The molecule has 0 aromatic heterocycles. The first-order valence-corrected chi connectivity index (χ1v) is 7.23. The van der Waals surface area contributed by atoms with E-state index in [1.54, 1.807) is 17.1 Å². The van der Waals surface area contributed by atoms with Crippen molar-refractivity contribution < 1.29 is 24.2 Å². The number of methoxy groups -OCH3 is 1. The minimum atomic E-state index is -1.01. The first kappa shape index (κ1) is 19.5. The number of carbonyl (C=O) groups excluding carboxylic acids is 1. The Morgan fingerprint density at radius 3 is 2.79 bits per heavy atom. The Morgan fingerprint density at radius 2 is 2.17 bits per heavy atom. The summed E-state index contributed by atoms with van der Waals surface area (Å²) in [6.07, 6.45) is 4.97. The van der Waals surface area contributed by atoms with E-state index < -0.39 is 12.0 Å². The number of carboxylic acid groups (broad SMARTS) is 1. The number of aromatic nitrogens is 4. The number of aliphatic carboxylic acids is 1. The summed E-state index contributed by atoms with van der Waals surface area (Å²) in [6, 6.07) is -0.870. The largest absolute Gasteiger partial charge is 0.480 e. The maximum Gasteiger partial charge on any atom is 0.331 e. The summed E-state index contributed by atoms with van der Waals surface area (Å²) in [5, 5.41) is 8.66. The number of hydrogen-bond acceptors (Lipinski definition) is 8. The molecule has 0 amide bonds. The van der Waals surface area contributed by atoms with E-state index in [-0.39, 0.29) is 12.6 Å². The van der Waals surface area contributed by atoms with Crippen molar-refractivity contribution in [1.29, 1.82) is 0 Å². The molecule has 1 atom stereocenters. The van der Waals surface area contributed by atoms with Crippen LogP contribution in [0.15, 0.2) is 18.9 Å². The molecule has 0 fully saturated rings. The Morgan fingerprint density at radius 1 is 1.42 bits per heavy atom. The van der Waals surface area contributed by atoms with Crippen molar-refractivity contribution in [2.24, 2.45) is 5.73 Å². The van der Waals surface area contributed by atoms with Gasteiger partial charge in [-0.2, -0.15) is 0 Å². The van der Waals surface area contributed by atoms with E-state index in [1.165, 1.54) is 13.4 Å². The third-order valence-electron chi connectivity index (χ3n) is 2.93. The molecule has 10 nitrogen and oxygen atoms in total. The molecule has 2 aliphatic heterocycles. The zero-order chi connectivity index (χ0) is 17.9. The zero-order valence-electron chi connectivity index (χ0n) is 13.6. The number of imidazole rings is 1. The molecule has 0 aromatic rings. The predicted octanol–water partition coefficient (Wildman–Crippen LogP) is -0.224. The molecule has 2 aliphatic rings. The van der Waals surface area contributed by atoms with Crippen molar-refractivity contribution in [1.82, 2.24) is 19.5 Å². The molecule has 0 aliphatic carbocycles. The fourth-order valence-electron chi connectivity index (χ4n) is 1.63. The number of carbonyl (C=O) groups is 2. The van der Waals surface area contributed by atoms with Crippen molar-refractivity contribution in [2.75, 3.05) is 20.3 Å². The molecule has 0 aromatic carbocycles. The lowest BCUT2D eigenvalue weighted by Gasteiger charge is -2.11. The third kappa shape index (κ3) is 6.26. The third-order valence-corrected chi connectivity index (χ3v) is 2.93. The highest BCUT2D eigenvalue weighted by atomic mass is 16.6. The average Bonchev–Trinajstić information content (AvgIpc) is 3.07. The van der Waals surface area contributed by atoms with Gasteiger partial charge in [-0.25, -0.2) is 19.7 Å². The number of rotatable bonds is 7. The number of esters is 1. The first-order chi connectivity index (χ1) is 11.5. The monoisotopic (exact) mass is 339 g/mol. The predicted molar refractivity (Wildman–Crippen MR) is 83.2 cm³/mol. The lowest BCUT2D eigenvalue weighted by molar-refractivity contribution is -0.145. The Hall–Kier alpha value is -2.59. The Bertz CT molecular complexity index is 617. The fourth-order valence-corrected chi connectivity index (χ4v) is 1.63. The van der Waals surface area contributed by atoms with E-state index in [1.807, 2.05) is 6.92 Å². The SMILES string of the molecule is CCOCC(=O)OC.NC(CCn1cncc2ncnc1-2)C(=O)O. The van der Waals surface area contributed by atoms with Gasteiger partial charge in [-0.05, 0) is 13.3 Å². The molecule has 3 N–H and O–H groups in total. The number of ether oxygens (including phenoxy) is 2. The topological polar surface area (TPSA) is 142 Å². The maximum absolute atomic E-state index is 10.6. The van der Waals surface area contributed by atoms with E-state index in [0.717, 1.165) is 0 Å². The van der Waals surface area contributed by atoms with Crippen LogP contribution in [-0.4, -0.2) is 62.9 Å². The van der Waals surface area contributed by atoms with E-state index >= 15 is 0 Å². The van der Waals surface area contributed by atoms with Gasteiger partial charge >= 0.3 is 11.9 Å². The Balaban J connectivity index is 0.000000307. The smallest absolute Gasteiger partial charge is 0.331 e. The normalized spacial score (nSPS) is 11.5. The molecule has 132 valence electrons. The molecule has 24 heavy (non-hydrogen) atoms. The molecule has 1 unspecified atom stereocenters. The molecule has 2 heterocycles. The first-order valence-electron chi connectivity index (χ1n) is 7.23. The van der Waals surface area contributed by atoms with Crippen LogP contribution in [0.1, 0.15) is 13.3 Å². The van der Waals surface area contributed by atoms with Gasteiger partial charge in [0.25, 0.3) is 0 Å². The minimum Gasteiger partial charge on any atom is -0.480 e. The second kappa shape index (κ2) is 10.2. The van der Waals surface area contributed by atoms with Crippen LogP contribution in [0, 0.1) is 0 Å². The van der Waals surface area contributed by atoms with Crippen molar-refractivity contribution in [3.63, 3.8) is 0 Å². The van der Waals surface area contributed by atoms with Gasteiger partial charge in [0.15, 0.2) is 5.82 Å². The fraction of sp³-hybridized carbons (Fsp3) is 0.500. The lowest BCUT2D eigenvalue weighted by Crippen LogP contribution is -2.31. The van der Waals surface area contributed by atoms with Gasteiger partial charge in [-0.3, -0.25) is 4.79 Å². The summed E-state index contributed by atoms with van der Waals surface area (Å²) >= 11 is 0. The molecule has 2 rings (SSSR count). The van der Waals surface area contributed by atoms with Crippen LogP contribution in [-0.2, 0) is 25.6 Å². The number of carboxylic acids is 1. The molecule has 0 saturated heterocycles. The van der Waals surface area contributed by atoms with E-state index in [2.05, 4.69) is 19.7 Å². The molecule has 0 bridgehead atoms. The zero-order valence-corrected chi connectivity index (χ0v) is 13.6. The van der Waals surface area contributed by atoms with Gasteiger partial charge in [-0.15, -0.1) is 0 Å². The molecular weight excluding hydrogens is 318 g/mol. The van der Waals surface area contributed by atoms with Gasteiger partial charge < -0.3 is 24.9 Å². The number of aryl methyl sites for hydroxylation is 1. The number of fused-ring (bicyclic) bond motifs is 1. The summed E-state index contributed by atoms with van der Waals surface area (Å²) in [5.41, 5.74) is 6.10. The van der Waals surface area contributed by atoms with E-state index in [0.29, 0.717) is 31.1 Å². The van der Waals surface area contributed by atoms with Crippen molar-refractivity contribution in [3.8, 4) is 11.5 Å². The number of nitrogens with zero attached hydrogens (tertiary/aromatic N) is 4. The highest BCUT2D eigenvalue weighted by Crippen LogP contribution is 2.14. The standard InChI is InChI=1S/C9H11N5O2.C5H10O3/c10-6(9(15)16)1-2-14-5-11-3-7-8(14)13-4-12-7;1-3-8-4-5(6)7-2/h3-6H,1-2,10H2,(H,15,16);3-4H2,1-2H3. The maximum atomic E-state index is 10.6. The summed E-state index contributed by atoms with van der Waals surface area (Å²) in [7, 11) is 1.33. The average molecular weight is 339 g/mol. The number of hydrogen-bond donors (Lipinski definition) is 2. The van der Waals surface area contributed by atoms with Gasteiger partial charge in [0.1, 0.15) is 24.7 Å². The van der Waals surface area contributed by atoms with Crippen molar-refractivity contribution in [2.45, 2.75) is 25.9 Å².